The molecule has 4 rings (SSSR count). The van der Waals surface area contributed by atoms with Crippen LogP contribution in [-0.4, -0.2) is 43.8 Å². The maximum absolute atomic E-state index is 13.0. The fraction of sp³-hybridized carbons (Fsp3) is 0.286. The Bertz CT molecular complexity index is 1160. The van der Waals surface area contributed by atoms with E-state index in [2.05, 4.69) is 30.0 Å². The lowest BCUT2D eigenvalue weighted by Crippen LogP contribution is -2.48. The van der Waals surface area contributed by atoms with Crippen LogP contribution in [0.15, 0.2) is 68.7 Å². The van der Waals surface area contributed by atoms with Gasteiger partial charge in [-0.2, -0.15) is 4.31 Å². The molecular formula is C21H22N2O4S. The van der Waals surface area contributed by atoms with Gasteiger partial charge in [-0.15, -0.1) is 0 Å². The summed E-state index contributed by atoms with van der Waals surface area (Å²) in [6.45, 7) is 5.19. The van der Waals surface area contributed by atoms with Crippen LogP contribution >= 0.6 is 0 Å². The van der Waals surface area contributed by atoms with Gasteiger partial charge >= 0.3 is 5.63 Å². The molecule has 2 aromatic carbocycles. The average Bonchev–Trinajstić information content (AvgIpc) is 2.68. The van der Waals surface area contributed by atoms with E-state index in [1.165, 1.54) is 33.6 Å². The molecule has 0 saturated carbocycles. The molecule has 3 aromatic rings. The van der Waals surface area contributed by atoms with Crippen LogP contribution in [0.4, 0.5) is 0 Å². The van der Waals surface area contributed by atoms with E-state index in [1.807, 2.05) is 6.07 Å². The quantitative estimate of drug-likeness (QED) is 0.632. The predicted octanol–water partition coefficient (Wildman–Crippen LogP) is 2.61. The van der Waals surface area contributed by atoms with Crippen LogP contribution < -0.4 is 5.63 Å². The van der Waals surface area contributed by atoms with Crippen molar-refractivity contribution < 1.29 is 12.8 Å². The van der Waals surface area contributed by atoms with Gasteiger partial charge in [0.15, 0.2) is 0 Å². The Morgan fingerprint density at radius 1 is 0.964 bits per heavy atom. The Kier molecular flexibility index (Phi) is 5.05. The Labute approximate surface area is 164 Å². The summed E-state index contributed by atoms with van der Waals surface area (Å²) < 4.78 is 32.7. The smallest absolute Gasteiger partial charge is 0.336 e. The minimum atomic E-state index is -3.58. The number of rotatable bonds is 4. The second kappa shape index (κ2) is 7.50. The van der Waals surface area contributed by atoms with Crippen LogP contribution in [0.25, 0.3) is 11.0 Å². The van der Waals surface area contributed by atoms with Gasteiger partial charge in [0.2, 0.25) is 10.0 Å². The third-order valence-electron chi connectivity index (χ3n) is 5.05. The van der Waals surface area contributed by atoms with Crippen LogP contribution in [0.5, 0.6) is 0 Å². The molecule has 0 amide bonds. The SMILES string of the molecule is Cc1cccc(CN2CCN(S(=O)(=O)c3ccc4oc(=O)ccc4c3)CC2)c1. The largest absolute Gasteiger partial charge is 0.423 e. The van der Waals surface area contributed by atoms with E-state index in [4.69, 9.17) is 4.42 Å². The van der Waals surface area contributed by atoms with E-state index in [-0.39, 0.29) is 4.90 Å². The molecule has 2 heterocycles. The number of benzene rings is 2. The normalized spacial score (nSPS) is 16.5. The summed E-state index contributed by atoms with van der Waals surface area (Å²) >= 11 is 0. The van der Waals surface area contributed by atoms with Crippen LogP contribution in [0.1, 0.15) is 11.1 Å². The first kappa shape index (κ1) is 18.9. The van der Waals surface area contributed by atoms with E-state index in [0.717, 1.165) is 6.54 Å². The van der Waals surface area contributed by atoms with E-state index < -0.39 is 15.6 Å². The number of sulfonamides is 1. The van der Waals surface area contributed by atoms with Gasteiger partial charge in [0.05, 0.1) is 4.90 Å². The van der Waals surface area contributed by atoms with Gasteiger partial charge in [0.25, 0.3) is 0 Å². The summed E-state index contributed by atoms with van der Waals surface area (Å²) in [6, 6.07) is 15.9. The maximum atomic E-state index is 13.0. The second-order valence-electron chi connectivity index (χ2n) is 7.12. The van der Waals surface area contributed by atoms with Gasteiger partial charge in [0.1, 0.15) is 5.58 Å². The minimum Gasteiger partial charge on any atom is -0.423 e. The van der Waals surface area contributed by atoms with E-state index in [9.17, 15) is 13.2 Å². The van der Waals surface area contributed by atoms with Crippen molar-refractivity contribution in [1.82, 2.24) is 9.21 Å². The second-order valence-corrected chi connectivity index (χ2v) is 9.06. The van der Waals surface area contributed by atoms with Crippen LogP contribution in [-0.2, 0) is 16.6 Å². The zero-order valence-electron chi connectivity index (χ0n) is 15.7. The lowest BCUT2D eigenvalue weighted by Gasteiger charge is -2.34. The van der Waals surface area contributed by atoms with Crippen molar-refractivity contribution in [3.8, 4) is 0 Å². The van der Waals surface area contributed by atoms with E-state index >= 15 is 0 Å². The van der Waals surface area contributed by atoms with Gasteiger partial charge in [-0.3, -0.25) is 4.90 Å². The molecule has 1 aromatic heterocycles. The van der Waals surface area contributed by atoms with Crippen molar-refractivity contribution in [2.24, 2.45) is 0 Å². The van der Waals surface area contributed by atoms with Crippen molar-refractivity contribution in [2.75, 3.05) is 26.2 Å². The molecular weight excluding hydrogens is 376 g/mol. The summed E-state index contributed by atoms with van der Waals surface area (Å²) in [6.07, 6.45) is 0. The third-order valence-corrected chi connectivity index (χ3v) is 6.94. The number of nitrogens with zero attached hydrogens (tertiary/aromatic N) is 2. The molecule has 0 N–H and O–H groups in total. The van der Waals surface area contributed by atoms with Gasteiger partial charge < -0.3 is 4.42 Å². The lowest BCUT2D eigenvalue weighted by molar-refractivity contribution is 0.181. The molecule has 0 unspecified atom stereocenters. The monoisotopic (exact) mass is 398 g/mol. The minimum absolute atomic E-state index is 0.223. The van der Waals surface area contributed by atoms with Crippen molar-refractivity contribution in [3.63, 3.8) is 0 Å². The summed E-state index contributed by atoms with van der Waals surface area (Å²) in [4.78, 5) is 13.8. The van der Waals surface area contributed by atoms with Crippen molar-refractivity contribution in [3.05, 3.63) is 76.1 Å². The molecule has 1 aliphatic heterocycles. The molecule has 146 valence electrons. The van der Waals surface area contributed by atoms with Crippen molar-refractivity contribution in [1.29, 1.82) is 0 Å². The van der Waals surface area contributed by atoms with Gasteiger partial charge in [-0.25, -0.2) is 13.2 Å². The first-order valence-electron chi connectivity index (χ1n) is 9.24. The summed E-state index contributed by atoms with van der Waals surface area (Å²) in [7, 11) is -3.58. The molecule has 0 atom stereocenters. The molecule has 1 saturated heterocycles. The number of aryl methyl sites for hydroxylation is 1. The molecule has 28 heavy (non-hydrogen) atoms. The van der Waals surface area contributed by atoms with Crippen LogP contribution in [0.3, 0.4) is 0 Å². The summed E-state index contributed by atoms with van der Waals surface area (Å²) in [5.74, 6) is 0. The highest BCUT2D eigenvalue weighted by Crippen LogP contribution is 2.22. The van der Waals surface area contributed by atoms with Crippen molar-refractivity contribution in [2.45, 2.75) is 18.4 Å². The van der Waals surface area contributed by atoms with Gasteiger partial charge in [0, 0.05) is 44.2 Å². The van der Waals surface area contributed by atoms with Crippen LogP contribution in [0, 0.1) is 6.92 Å². The number of hydrogen-bond acceptors (Lipinski definition) is 5. The number of hydrogen-bond donors (Lipinski definition) is 0. The molecule has 1 aliphatic rings. The first-order valence-corrected chi connectivity index (χ1v) is 10.7. The standard InChI is InChI=1S/C21H22N2O4S/c1-16-3-2-4-17(13-16)15-22-9-11-23(12-10-22)28(25,26)19-6-7-20-18(14-19)5-8-21(24)27-20/h2-8,13-14H,9-12,15H2,1H3. The Morgan fingerprint density at radius 2 is 1.75 bits per heavy atom. The van der Waals surface area contributed by atoms with Crippen LogP contribution in [0.2, 0.25) is 0 Å². The lowest BCUT2D eigenvalue weighted by atomic mass is 10.1. The Balaban J connectivity index is 1.47. The average molecular weight is 398 g/mol. The topological polar surface area (TPSA) is 70.8 Å². The zero-order valence-corrected chi connectivity index (χ0v) is 16.5. The predicted molar refractivity (Wildman–Crippen MR) is 108 cm³/mol. The van der Waals surface area contributed by atoms with E-state index in [0.29, 0.717) is 37.1 Å². The molecule has 7 heteroatoms. The number of fused-ring (bicyclic) bond motifs is 1. The molecule has 1 fully saturated rings. The van der Waals surface area contributed by atoms with E-state index in [1.54, 1.807) is 12.1 Å². The molecule has 0 spiro atoms. The third kappa shape index (κ3) is 3.87. The highest BCUT2D eigenvalue weighted by molar-refractivity contribution is 7.89. The molecule has 0 radical (unpaired) electrons. The Hall–Kier alpha value is -2.48. The van der Waals surface area contributed by atoms with Gasteiger partial charge in [-0.1, -0.05) is 29.8 Å². The highest BCUT2D eigenvalue weighted by atomic mass is 32.2. The fourth-order valence-electron chi connectivity index (χ4n) is 3.56. The molecule has 0 aliphatic carbocycles. The first-order chi connectivity index (χ1) is 13.4. The fourth-order valence-corrected chi connectivity index (χ4v) is 5.01. The highest BCUT2D eigenvalue weighted by Gasteiger charge is 2.28. The number of piperazine rings is 1. The zero-order chi connectivity index (χ0) is 19.7. The van der Waals surface area contributed by atoms with Crippen molar-refractivity contribution >= 4 is 21.0 Å². The maximum Gasteiger partial charge on any atom is 0.336 e. The molecule has 0 bridgehead atoms. The summed E-state index contributed by atoms with van der Waals surface area (Å²) in [5.41, 5.74) is 2.40. The molecule has 6 nitrogen and oxygen atoms in total. The summed E-state index contributed by atoms with van der Waals surface area (Å²) in [5, 5.41) is 0.596. The van der Waals surface area contributed by atoms with Gasteiger partial charge in [-0.05, 0) is 36.8 Å². The Morgan fingerprint density at radius 3 is 2.50 bits per heavy atom.